The van der Waals surface area contributed by atoms with Crippen LogP contribution in [0.3, 0.4) is 0 Å². The molecule has 2 aromatic heterocycles. The lowest BCUT2D eigenvalue weighted by atomic mass is 9.80. The Kier molecular flexibility index (Phi) is 6.04. The van der Waals surface area contributed by atoms with Crippen molar-refractivity contribution >= 4 is 17.5 Å². The van der Waals surface area contributed by atoms with E-state index in [0.717, 1.165) is 6.42 Å². The van der Waals surface area contributed by atoms with Gasteiger partial charge in [-0.15, -0.1) is 0 Å². The molecule has 162 valence electrons. The van der Waals surface area contributed by atoms with Crippen molar-refractivity contribution in [2.45, 2.75) is 52.5 Å². The van der Waals surface area contributed by atoms with Gasteiger partial charge in [0.2, 0.25) is 5.91 Å². The first-order valence-corrected chi connectivity index (χ1v) is 9.81. The monoisotopic (exact) mass is 420 g/mol. The molecule has 30 heavy (non-hydrogen) atoms. The van der Waals surface area contributed by atoms with Crippen LogP contribution >= 0.6 is 0 Å². The van der Waals surface area contributed by atoms with Gasteiger partial charge in [-0.1, -0.05) is 6.42 Å². The molecule has 1 aliphatic carbocycles. The average Bonchev–Trinajstić information content (AvgIpc) is 2.59. The van der Waals surface area contributed by atoms with E-state index in [0.29, 0.717) is 35.5 Å². The number of carbonyl (C=O) groups excluding carboxylic acids is 1. The summed E-state index contributed by atoms with van der Waals surface area (Å²) in [6, 6.07) is 1.66. The first-order chi connectivity index (χ1) is 14.1. The highest BCUT2D eigenvalue weighted by Gasteiger charge is 2.42. The maximum Gasteiger partial charge on any atom is 0.298 e. The fraction of sp³-hybridized carbons (Fsp3) is 0.500. The fourth-order valence-electron chi connectivity index (χ4n) is 3.37. The minimum Gasteiger partial charge on any atom is -0.382 e. The van der Waals surface area contributed by atoms with Crippen LogP contribution in [0.5, 0.6) is 0 Å². The van der Waals surface area contributed by atoms with Crippen LogP contribution in [0.4, 0.5) is 20.4 Å². The molecule has 4 N–H and O–H groups in total. The van der Waals surface area contributed by atoms with Crippen molar-refractivity contribution in [2.24, 2.45) is 5.92 Å². The lowest BCUT2D eigenvalue weighted by molar-refractivity contribution is -0.119. The number of nitrogens with two attached hydrogens (primary N) is 1. The number of nitrogen functional groups attached to an aromatic ring is 1. The third-order valence-electron chi connectivity index (χ3n) is 5.43. The van der Waals surface area contributed by atoms with Crippen molar-refractivity contribution in [3.05, 3.63) is 39.6 Å². The van der Waals surface area contributed by atoms with E-state index in [4.69, 9.17) is 5.73 Å². The quantitative estimate of drug-likeness (QED) is 0.633. The number of nitrogens with one attached hydrogen (secondary N) is 2. The molecule has 0 aliphatic heterocycles. The van der Waals surface area contributed by atoms with E-state index in [9.17, 15) is 18.4 Å². The molecule has 0 bridgehead atoms. The van der Waals surface area contributed by atoms with Crippen molar-refractivity contribution in [3.8, 4) is 5.69 Å². The Bertz CT molecular complexity index is 1020. The Hall–Kier alpha value is -3.04. The second-order valence-corrected chi connectivity index (χ2v) is 7.68. The minimum atomic E-state index is -2.90. The normalized spacial score (nSPS) is 14.3. The number of nitrogens with zero attached hydrogens (tertiary/aromatic N) is 3. The van der Waals surface area contributed by atoms with E-state index in [1.54, 1.807) is 19.9 Å². The number of hydrogen-bond donors (Lipinski definition) is 3. The summed E-state index contributed by atoms with van der Waals surface area (Å²) < 4.78 is 29.8. The number of alkyl halides is 2. The number of carbonyl (C=O) groups is 1. The first kappa shape index (κ1) is 21.7. The van der Waals surface area contributed by atoms with Crippen LogP contribution in [0, 0.1) is 19.8 Å². The second kappa shape index (κ2) is 8.37. The van der Waals surface area contributed by atoms with Gasteiger partial charge in [0.05, 0.1) is 12.2 Å². The number of pyridine rings is 1. The molecule has 8 nitrogen and oxygen atoms in total. The summed E-state index contributed by atoms with van der Waals surface area (Å²) in [7, 11) is 0. The zero-order valence-electron chi connectivity index (χ0n) is 17.3. The average molecular weight is 420 g/mol. The van der Waals surface area contributed by atoms with Crippen molar-refractivity contribution in [1.29, 1.82) is 0 Å². The maximum atomic E-state index is 14.2. The first-order valence-electron chi connectivity index (χ1n) is 9.81. The highest BCUT2D eigenvalue weighted by atomic mass is 19.3. The van der Waals surface area contributed by atoms with E-state index in [-0.39, 0.29) is 24.1 Å². The van der Waals surface area contributed by atoms with E-state index < -0.39 is 23.9 Å². The van der Waals surface area contributed by atoms with Crippen LogP contribution in [0.15, 0.2) is 17.1 Å². The Morgan fingerprint density at radius 1 is 1.37 bits per heavy atom. The van der Waals surface area contributed by atoms with Gasteiger partial charge in [0.15, 0.2) is 5.82 Å². The van der Waals surface area contributed by atoms with Crippen molar-refractivity contribution in [3.63, 3.8) is 0 Å². The summed E-state index contributed by atoms with van der Waals surface area (Å²) in [4.78, 5) is 32.5. The molecule has 10 heteroatoms. The Balaban J connectivity index is 1.94. The molecule has 0 spiro atoms. The van der Waals surface area contributed by atoms with Crippen LogP contribution in [-0.2, 0) is 11.3 Å². The van der Waals surface area contributed by atoms with Gasteiger partial charge in [-0.05, 0) is 38.3 Å². The Morgan fingerprint density at radius 3 is 2.67 bits per heavy atom. The Morgan fingerprint density at radius 2 is 2.07 bits per heavy atom. The largest absolute Gasteiger partial charge is 0.382 e. The third-order valence-corrected chi connectivity index (χ3v) is 5.43. The molecule has 2 aromatic rings. The van der Waals surface area contributed by atoms with E-state index in [1.165, 1.54) is 17.7 Å². The molecular weight excluding hydrogens is 394 g/mol. The molecular formula is C20H26F2N6O2. The minimum absolute atomic E-state index is 0.112. The molecule has 1 amide bonds. The van der Waals surface area contributed by atoms with E-state index >= 15 is 0 Å². The van der Waals surface area contributed by atoms with Crippen LogP contribution in [0.25, 0.3) is 5.69 Å². The SMILES string of the molecule is CC(=O)NCc1cc(-n2c(C)cnc(NCC(F)(F)C3CCC3)c2=O)c(N)nc1C. The summed E-state index contributed by atoms with van der Waals surface area (Å²) >= 11 is 0. The van der Waals surface area contributed by atoms with Crippen LogP contribution in [0.2, 0.25) is 0 Å². The molecule has 0 radical (unpaired) electrons. The van der Waals surface area contributed by atoms with Gasteiger partial charge in [-0.2, -0.15) is 0 Å². The van der Waals surface area contributed by atoms with E-state index in [1.807, 2.05) is 0 Å². The lowest BCUT2D eigenvalue weighted by Crippen LogP contribution is -2.40. The number of aromatic nitrogens is 3. The molecule has 2 heterocycles. The number of rotatable bonds is 7. The second-order valence-electron chi connectivity index (χ2n) is 7.68. The van der Waals surface area contributed by atoms with Gasteiger partial charge in [0.1, 0.15) is 5.82 Å². The van der Waals surface area contributed by atoms with Gasteiger partial charge in [0, 0.05) is 37.0 Å². The van der Waals surface area contributed by atoms with Crippen LogP contribution < -0.4 is 21.9 Å². The molecule has 3 rings (SSSR count). The predicted molar refractivity (Wildman–Crippen MR) is 110 cm³/mol. The maximum absolute atomic E-state index is 14.2. The summed E-state index contributed by atoms with van der Waals surface area (Å²) in [6.45, 7) is 4.37. The van der Waals surface area contributed by atoms with Gasteiger partial charge >= 0.3 is 0 Å². The molecule has 0 atom stereocenters. The van der Waals surface area contributed by atoms with Crippen LogP contribution in [0.1, 0.15) is 43.1 Å². The molecule has 0 unspecified atom stereocenters. The number of anilines is 2. The molecule has 0 saturated heterocycles. The number of aryl methyl sites for hydroxylation is 2. The van der Waals surface area contributed by atoms with Gasteiger partial charge in [-0.25, -0.2) is 18.7 Å². The number of amides is 1. The van der Waals surface area contributed by atoms with Crippen molar-refractivity contribution in [2.75, 3.05) is 17.6 Å². The Labute approximate surface area is 172 Å². The summed E-state index contributed by atoms with van der Waals surface area (Å²) in [6.07, 6.45) is 3.19. The standard InChI is InChI=1S/C20H26F2N6O2/c1-11-8-25-18(26-10-20(21,22)15-5-4-6-15)19(30)28(11)16-7-14(9-24-13(3)29)12(2)27-17(16)23/h7-8,15H,4-6,9-10H2,1-3H3,(H2,23,27)(H,24,29)(H,25,26). The lowest BCUT2D eigenvalue weighted by Gasteiger charge is -2.33. The zero-order chi connectivity index (χ0) is 22.1. The molecule has 1 fully saturated rings. The summed E-state index contributed by atoms with van der Waals surface area (Å²) in [5.74, 6) is -3.84. The van der Waals surface area contributed by atoms with Crippen LogP contribution in [-0.4, -0.2) is 32.9 Å². The zero-order valence-corrected chi connectivity index (χ0v) is 17.3. The summed E-state index contributed by atoms with van der Waals surface area (Å²) in [5, 5.41) is 5.20. The predicted octanol–water partition coefficient (Wildman–Crippen LogP) is 2.31. The van der Waals surface area contributed by atoms with Crippen molar-refractivity contribution < 1.29 is 13.6 Å². The highest BCUT2D eigenvalue weighted by molar-refractivity contribution is 5.73. The highest BCUT2D eigenvalue weighted by Crippen LogP contribution is 2.39. The topological polar surface area (TPSA) is 115 Å². The van der Waals surface area contributed by atoms with Gasteiger partial charge in [0.25, 0.3) is 11.5 Å². The molecule has 1 saturated carbocycles. The molecule has 1 aliphatic rings. The molecule has 0 aromatic carbocycles. The summed E-state index contributed by atoms with van der Waals surface area (Å²) in [5.41, 5.74) is 7.54. The smallest absolute Gasteiger partial charge is 0.298 e. The van der Waals surface area contributed by atoms with Gasteiger partial charge in [-0.3, -0.25) is 14.2 Å². The fourth-order valence-corrected chi connectivity index (χ4v) is 3.37. The number of halogens is 2. The van der Waals surface area contributed by atoms with Gasteiger partial charge < -0.3 is 16.4 Å². The van der Waals surface area contributed by atoms with E-state index in [2.05, 4.69) is 20.6 Å². The van der Waals surface area contributed by atoms with Crippen molar-refractivity contribution in [1.82, 2.24) is 19.9 Å². The number of hydrogen-bond acceptors (Lipinski definition) is 6. The third kappa shape index (κ3) is 4.42.